The Morgan fingerprint density at radius 3 is 2.47 bits per heavy atom. The molecule has 0 aliphatic carbocycles. The van der Waals surface area contributed by atoms with Gasteiger partial charge in [0.15, 0.2) is 0 Å². The summed E-state index contributed by atoms with van der Waals surface area (Å²) in [4.78, 5) is 3.94. The van der Waals surface area contributed by atoms with Crippen molar-refractivity contribution in [3.8, 4) is 5.75 Å². The van der Waals surface area contributed by atoms with Crippen molar-refractivity contribution in [1.29, 1.82) is 0 Å². The molecular formula is C13H12N2O2. The number of ether oxygens (including phenoxy) is 1. The highest BCUT2D eigenvalue weighted by molar-refractivity contribution is 5.79. The third-order valence-electron chi connectivity index (χ3n) is 2.24. The number of nitrogens with zero attached hydrogens (tertiary/aromatic N) is 2. The quantitative estimate of drug-likeness (QED) is 0.497. The van der Waals surface area contributed by atoms with Gasteiger partial charge in [0.05, 0.1) is 6.21 Å². The van der Waals surface area contributed by atoms with Gasteiger partial charge in [0.1, 0.15) is 12.4 Å². The maximum atomic E-state index is 8.37. The second-order valence-corrected chi connectivity index (χ2v) is 3.46. The summed E-state index contributed by atoms with van der Waals surface area (Å²) in [7, 11) is 0. The molecule has 2 aromatic rings. The standard InChI is InChI=1S/C13H12N2O2/c16-15-9-11-1-3-13(4-2-11)17-10-12-5-7-14-8-6-12/h1-9,16H,10H2/b15-9+. The highest BCUT2D eigenvalue weighted by Gasteiger charge is 1.95. The molecule has 0 unspecified atom stereocenters. The van der Waals surface area contributed by atoms with Gasteiger partial charge in [0.25, 0.3) is 0 Å². The minimum Gasteiger partial charge on any atom is -0.489 e. The van der Waals surface area contributed by atoms with Crippen LogP contribution in [0.25, 0.3) is 0 Å². The van der Waals surface area contributed by atoms with Gasteiger partial charge in [-0.05, 0) is 47.5 Å². The van der Waals surface area contributed by atoms with Crippen molar-refractivity contribution in [3.05, 3.63) is 59.9 Å². The first-order valence-corrected chi connectivity index (χ1v) is 5.18. The van der Waals surface area contributed by atoms with E-state index in [2.05, 4.69) is 10.1 Å². The van der Waals surface area contributed by atoms with Crippen LogP contribution in [-0.2, 0) is 6.61 Å². The topological polar surface area (TPSA) is 54.7 Å². The van der Waals surface area contributed by atoms with E-state index in [4.69, 9.17) is 9.94 Å². The Kier molecular flexibility index (Phi) is 3.70. The lowest BCUT2D eigenvalue weighted by molar-refractivity contribution is 0.306. The number of hydrogen-bond acceptors (Lipinski definition) is 4. The molecule has 1 heterocycles. The van der Waals surface area contributed by atoms with Gasteiger partial charge < -0.3 is 9.94 Å². The van der Waals surface area contributed by atoms with Gasteiger partial charge in [-0.15, -0.1) is 0 Å². The zero-order valence-electron chi connectivity index (χ0n) is 9.15. The number of benzene rings is 1. The number of aromatic nitrogens is 1. The molecule has 17 heavy (non-hydrogen) atoms. The molecule has 1 aromatic heterocycles. The van der Waals surface area contributed by atoms with Gasteiger partial charge >= 0.3 is 0 Å². The van der Waals surface area contributed by atoms with E-state index in [0.29, 0.717) is 6.61 Å². The molecule has 0 atom stereocenters. The molecule has 4 heteroatoms. The van der Waals surface area contributed by atoms with E-state index in [0.717, 1.165) is 16.9 Å². The molecule has 0 saturated heterocycles. The van der Waals surface area contributed by atoms with Gasteiger partial charge in [-0.2, -0.15) is 0 Å². The first kappa shape index (κ1) is 11.1. The van der Waals surface area contributed by atoms with E-state index >= 15 is 0 Å². The third kappa shape index (κ3) is 3.31. The summed E-state index contributed by atoms with van der Waals surface area (Å²) in [5.41, 5.74) is 1.89. The number of pyridine rings is 1. The molecule has 0 aliphatic heterocycles. The molecule has 0 radical (unpaired) electrons. The summed E-state index contributed by atoms with van der Waals surface area (Å²) in [5, 5.41) is 11.3. The molecule has 0 saturated carbocycles. The molecule has 1 aromatic carbocycles. The summed E-state index contributed by atoms with van der Waals surface area (Å²) in [6.07, 6.45) is 4.84. The van der Waals surface area contributed by atoms with E-state index in [1.54, 1.807) is 12.4 Å². The summed E-state index contributed by atoms with van der Waals surface area (Å²) in [5.74, 6) is 0.775. The maximum Gasteiger partial charge on any atom is 0.119 e. The van der Waals surface area contributed by atoms with Crippen molar-refractivity contribution in [3.63, 3.8) is 0 Å². The Labute approximate surface area is 99.2 Å². The van der Waals surface area contributed by atoms with Crippen molar-refractivity contribution in [1.82, 2.24) is 4.98 Å². The van der Waals surface area contributed by atoms with E-state index in [1.807, 2.05) is 36.4 Å². The van der Waals surface area contributed by atoms with Gasteiger partial charge in [-0.1, -0.05) is 5.16 Å². The molecule has 0 spiro atoms. The van der Waals surface area contributed by atoms with Crippen LogP contribution in [0.4, 0.5) is 0 Å². The SMILES string of the molecule is O/N=C/c1ccc(OCc2ccncc2)cc1. The molecule has 0 fully saturated rings. The summed E-state index contributed by atoms with van der Waals surface area (Å²) in [6.45, 7) is 0.510. The monoisotopic (exact) mass is 228 g/mol. The highest BCUT2D eigenvalue weighted by atomic mass is 16.5. The zero-order valence-corrected chi connectivity index (χ0v) is 9.15. The molecule has 4 nitrogen and oxygen atoms in total. The van der Waals surface area contributed by atoms with Crippen LogP contribution in [0.3, 0.4) is 0 Å². The third-order valence-corrected chi connectivity index (χ3v) is 2.24. The molecule has 2 rings (SSSR count). The maximum absolute atomic E-state index is 8.37. The fourth-order valence-corrected chi connectivity index (χ4v) is 1.36. The summed E-state index contributed by atoms with van der Waals surface area (Å²) < 4.78 is 5.59. The van der Waals surface area contributed by atoms with Crippen molar-refractivity contribution in [2.75, 3.05) is 0 Å². The van der Waals surface area contributed by atoms with Gasteiger partial charge in [0, 0.05) is 12.4 Å². The predicted molar refractivity (Wildman–Crippen MR) is 64.4 cm³/mol. The van der Waals surface area contributed by atoms with Crippen molar-refractivity contribution >= 4 is 6.21 Å². The van der Waals surface area contributed by atoms with Crippen molar-refractivity contribution in [2.24, 2.45) is 5.16 Å². The average Bonchev–Trinajstić information content (AvgIpc) is 2.40. The molecule has 0 aliphatic rings. The van der Waals surface area contributed by atoms with Crippen LogP contribution in [-0.4, -0.2) is 16.4 Å². The smallest absolute Gasteiger partial charge is 0.119 e. The lowest BCUT2D eigenvalue weighted by Gasteiger charge is -2.05. The molecule has 86 valence electrons. The Morgan fingerprint density at radius 1 is 1.12 bits per heavy atom. The van der Waals surface area contributed by atoms with Gasteiger partial charge in [-0.3, -0.25) is 4.98 Å². The Morgan fingerprint density at radius 2 is 1.82 bits per heavy atom. The van der Waals surface area contributed by atoms with E-state index in [1.165, 1.54) is 6.21 Å². The Bertz CT molecular complexity index is 481. The first-order chi connectivity index (χ1) is 8.38. The molecular weight excluding hydrogens is 216 g/mol. The van der Waals surface area contributed by atoms with E-state index in [-0.39, 0.29) is 0 Å². The predicted octanol–water partition coefficient (Wildman–Crippen LogP) is 2.47. The molecule has 0 bridgehead atoms. The fraction of sp³-hybridized carbons (Fsp3) is 0.0769. The van der Waals surface area contributed by atoms with E-state index in [9.17, 15) is 0 Å². The summed E-state index contributed by atoms with van der Waals surface area (Å²) >= 11 is 0. The van der Waals surface area contributed by atoms with Gasteiger partial charge in [0.2, 0.25) is 0 Å². The normalized spacial score (nSPS) is 10.6. The number of oxime groups is 1. The van der Waals surface area contributed by atoms with Gasteiger partial charge in [-0.25, -0.2) is 0 Å². The Balaban J connectivity index is 1.95. The lowest BCUT2D eigenvalue weighted by Crippen LogP contribution is -1.95. The number of rotatable bonds is 4. The van der Waals surface area contributed by atoms with Crippen LogP contribution in [0.2, 0.25) is 0 Å². The Hall–Kier alpha value is -2.36. The summed E-state index contributed by atoms with van der Waals surface area (Å²) in [6, 6.07) is 11.1. The number of hydrogen-bond donors (Lipinski definition) is 1. The van der Waals surface area contributed by atoms with Crippen molar-refractivity contribution in [2.45, 2.75) is 6.61 Å². The van der Waals surface area contributed by atoms with Crippen LogP contribution >= 0.6 is 0 Å². The van der Waals surface area contributed by atoms with Crippen molar-refractivity contribution < 1.29 is 9.94 Å². The lowest BCUT2D eigenvalue weighted by atomic mass is 10.2. The van der Waals surface area contributed by atoms with Crippen LogP contribution < -0.4 is 4.74 Å². The zero-order chi connectivity index (χ0) is 11.9. The largest absolute Gasteiger partial charge is 0.489 e. The average molecular weight is 228 g/mol. The highest BCUT2D eigenvalue weighted by Crippen LogP contribution is 2.13. The fourth-order valence-electron chi connectivity index (χ4n) is 1.36. The van der Waals surface area contributed by atoms with Crippen LogP contribution in [0.15, 0.2) is 53.9 Å². The first-order valence-electron chi connectivity index (χ1n) is 5.18. The second-order valence-electron chi connectivity index (χ2n) is 3.46. The second kappa shape index (κ2) is 5.65. The minimum atomic E-state index is 0.510. The molecule has 1 N–H and O–H groups in total. The van der Waals surface area contributed by atoms with Crippen LogP contribution in [0, 0.1) is 0 Å². The minimum absolute atomic E-state index is 0.510. The molecule has 0 amide bonds. The van der Waals surface area contributed by atoms with Crippen LogP contribution in [0.1, 0.15) is 11.1 Å². The van der Waals surface area contributed by atoms with Crippen LogP contribution in [0.5, 0.6) is 5.75 Å². The van der Waals surface area contributed by atoms with E-state index < -0.39 is 0 Å².